The van der Waals surface area contributed by atoms with Crippen LogP contribution in [0.5, 0.6) is 0 Å². The molecule has 0 radical (unpaired) electrons. The number of benzene rings is 1. The maximum atomic E-state index is 4.13. The zero-order chi connectivity index (χ0) is 9.38. The molecule has 0 saturated carbocycles. The first-order valence-electron chi connectivity index (χ1n) is 4.02. The Morgan fingerprint density at radius 3 is 3.14 bits per heavy atom. The molecule has 0 bridgehead atoms. The third kappa shape index (κ3) is 1.08. The highest BCUT2D eigenvalue weighted by Crippen LogP contribution is 2.19. The van der Waals surface area contributed by atoms with E-state index in [1.165, 1.54) is 0 Å². The molecule has 0 aliphatic rings. The summed E-state index contributed by atoms with van der Waals surface area (Å²) in [5.41, 5.74) is 2.88. The minimum absolute atomic E-state index is 0.659. The molecule has 0 fully saturated rings. The SMILES string of the molecule is c1nc2ccc(-c3nnsn3)cc2[nH]1. The summed E-state index contributed by atoms with van der Waals surface area (Å²) in [6.07, 6.45) is 1.67. The Morgan fingerprint density at radius 2 is 2.29 bits per heavy atom. The van der Waals surface area contributed by atoms with Gasteiger partial charge in [-0.25, -0.2) is 4.98 Å². The van der Waals surface area contributed by atoms with Gasteiger partial charge < -0.3 is 4.98 Å². The summed E-state index contributed by atoms with van der Waals surface area (Å²) in [6.45, 7) is 0. The summed E-state index contributed by atoms with van der Waals surface area (Å²) in [5.74, 6) is 0.659. The Balaban J connectivity index is 2.23. The smallest absolute Gasteiger partial charge is 0.196 e. The van der Waals surface area contributed by atoms with E-state index in [2.05, 4.69) is 23.9 Å². The molecule has 2 aromatic heterocycles. The van der Waals surface area contributed by atoms with Gasteiger partial charge in [0.05, 0.1) is 29.1 Å². The molecule has 0 saturated heterocycles. The van der Waals surface area contributed by atoms with E-state index < -0.39 is 0 Å². The summed E-state index contributed by atoms with van der Waals surface area (Å²) in [5, 5.41) is 3.90. The van der Waals surface area contributed by atoms with E-state index in [0.717, 1.165) is 28.3 Å². The van der Waals surface area contributed by atoms with Crippen LogP contribution in [0, 0.1) is 0 Å². The first-order chi connectivity index (χ1) is 6.93. The van der Waals surface area contributed by atoms with E-state index in [0.29, 0.717) is 5.82 Å². The van der Waals surface area contributed by atoms with Crippen molar-refractivity contribution in [2.24, 2.45) is 0 Å². The van der Waals surface area contributed by atoms with Gasteiger partial charge in [-0.3, -0.25) is 0 Å². The molecule has 3 aromatic rings. The minimum atomic E-state index is 0.659. The Kier molecular flexibility index (Phi) is 1.54. The van der Waals surface area contributed by atoms with Crippen LogP contribution in [-0.4, -0.2) is 23.9 Å². The summed E-state index contributed by atoms with van der Waals surface area (Å²) in [4.78, 5) is 7.17. The average molecular weight is 203 g/mol. The van der Waals surface area contributed by atoms with E-state index in [1.54, 1.807) is 6.33 Å². The second-order valence-electron chi connectivity index (χ2n) is 2.81. The van der Waals surface area contributed by atoms with Crippen molar-refractivity contribution in [2.45, 2.75) is 0 Å². The lowest BCUT2D eigenvalue weighted by atomic mass is 10.2. The standard InChI is InChI=1S/C8H5N5S/c1-2-6-7(10-4-9-6)3-5(1)8-11-13-14-12-8/h1-4H,(H,9,10). The molecule has 2 heterocycles. The normalized spacial score (nSPS) is 10.9. The number of H-pyrrole nitrogens is 1. The van der Waals surface area contributed by atoms with Gasteiger partial charge in [-0.15, -0.1) is 5.10 Å². The second kappa shape index (κ2) is 2.85. The van der Waals surface area contributed by atoms with Crippen LogP contribution in [-0.2, 0) is 0 Å². The molecule has 6 heteroatoms. The van der Waals surface area contributed by atoms with Crippen molar-refractivity contribution in [1.82, 2.24) is 23.9 Å². The first kappa shape index (κ1) is 7.57. The molecule has 1 aromatic carbocycles. The van der Waals surface area contributed by atoms with Crippen LogP contribution in [0.1, 0.15) is 0 Å². The zero-order valence-electron chi connectivity index (χ0n) is 7.01. The number of aromatic nitrogens is 5. The number of hydrogen-bond donors (Lipinski definition) is 1. The van der Waals surface area contributed by atoms with Crippen molar-refractivity contribution in [3.05, 3.63) is 24.5 Å². The van der Waals surface area contributed by atoms with Gasteiger partial charge in [-0.1, -0.05) is 4.49 Å². The molecule has 5 nitrogen and oxygen atoms in total. The molecule has 0 aliphatic carbocycles. The van der Waals surface area contributed by atoms with Gasteiger partial charge >= 0.3 is 0 Å². The molecule has 0 spiro atoms. The number of imidazole rings is 1. The Labute approximate surface area is 83.1 Å². The van der Waals surface area contributed by atoms with E-state index in [-0.39, 0.29) is 0 Å². The van der Waals surface area contributed by atoms with Gasteiger partial charge in [0.25, 0.3) is 0 Å². The van der Waals surface area contributed by atoms with Crippen molar-refractivity contribution in [1.29, 1.82) is 0 Å². The lowest BCUT2D eigenvalue weighted by Crippen LogP contribution is -1.80. The van der Waals surface area contributed by atoms with Crippen LogP contribution in [0.2, 0.25) is 0 Å². The second-order valence-corrected chi connectivity index (χ2v) is 3.32. The fraction of sp³-hybridized carbons (Fsp3) is 0. The summed E-state index contributed by atoms with van der Waals surface area (Å²) in [6, 6.07) is 5.83. The Hall–Kier alpha value is -1.82. The molecule has 0 unspecified atom stereocenters. The van der Waals surface area contributed by atoms with Crippen molar-refractivity contribution in [3.8, 4) is 11.4 Å². The van der Waals surface area contributed by atoms with Gasteiger partial charge in [0.2, 0.25) is 0 Å². The minimum Gasteiger partial charge on any atom is -0.345 e. The molecule has 0 amide bonds. The summed E-state index contributed by atoms with van der Waals surface area (Å²) in [7, 11) is 0. The molecule has 68 valence electrons. The van der Waals surface area contributed by atoms with Gasteiger partial charge in [0.15, 0.2) is 5.82 Å². The topological polar surface area (TPSA) is 67.3 Å². The maximum Gasteiger partial charge on any atom is 0.196 e. The van der Waals surface area contributed by atoms with Gasteiger partial charge in [-0.2, -0.15) is 4.37 Å². The lowest BCUT2D eigenvalue weighted by molar-refractivity contribution is 1.14. The predicted molar refractivity (Wildman–Crippen MR) is 52.8 cm³/mol. The zero-order valence-corrected chi connectivity index (χ0v) is 7.82. The molecular formula is C8H5N5S. The maximum absolute atomic E-state index is 4.13. The van der Waals surface area contributed by atoms with Crippen LogP contribution in [0.15, 0.2) is 24.5 Å². The Morgan fingerprint density at radius 1 is 1.29 bits per heavy atom. The van der Waals surface area contributed by atoms with Crippen LogP contribution >= 0.6 is 11.7 Å². The first-order valence-corrected chi connectivity index (χ1v) is 4.75. The van der Waals surface area contributed by atoms with Crippen LogP contribution < -0.4 is 0 Å². The van der Waals surface area contributed by atoms with E-state index in [1.807, 2.05) is 18.2 Å². The Bertz CT molecular complexity index is 556. The van der Waals surface area contributed by atoms with Crippen LogP contribution in [0.25, 0.3) is 22.4 Å². The highest BCUT2D eigenvalue weighted by atomic mass is 32.1. The average Bonchev–Trinajstić information content (AvgIpc) is 2.88. The van der Waals surface area contributed by atoms with Gasteiger partial charge in [-0.05, 0) is 18.2 Å². The summed E-state index contributed by atoms with van der Waals surface area (Å²) >= 11 is 1.10. The number of rotatable bonds is 1. The molecule has 0 atom stereocenters. The van der Waals surface area contributed by atoms with E-state index >= 15 is 0 Å². The molecular weight excluding hydrogens is 198 g/mol. The molecule has 14 heavy (non-hydrogen) atoms. The van der Waals surface area contributed by atoms with Crippen molar-refractivity contribution in [3.63, 3.8) is 0 Å². The molecule has 3 rings (SSSR count). The number of aromatic amines is 1. The third-order valence-electron chi connectivity index (χ3n) is 1.98. The molecule has 1 N–H and O–H groups in total. The van der Waals surface area contributed by atoms with Gasteiger partial charge in [0.1, 0.15) is 0 Å². The highest BCUT2D eigenvalue weighted by molar-refractivity contribution is 6.99. The van der Waals surface area contributed by atoms with Gasteiger partial charge in [0, 0.05) is 5.56 Å². The third-order valence-corrected chi connectivity index (χ3v) is 2.39. The fourth-order valence-corrected chi connectivity index (χ4v) is 1.69. The van der Waals surface area contributed by atoms with E-state index in [9.17, 15) is 0 Å². The van der Waals surface area contributed by atoms with Crippen LogP contribution in [0.3, 0.4) is 0 Å². The van der Waals surface area contributed by atoms with E-state index in [4.69, 9.17) is 0 Å². The number of fused-ring (bicyclic) bond motifs is 1. The fourth-order valence-electron chi connectivity index (χ4n) is 1.32. The number of hydrogen-bond acceptors (Lipinski definition) is 5. The van der Waals surface area contributed by atoms with Crippen molar-refractivity contribution >= 4 is 22.8 Å². The number of nitrogens with zero attached hydrogens (tertiary/aromatic N) is 4. The van der Waals surface area contributed by atoms with Crippen molar-refractivity contribution in [2.75, 3.05) is 0 Å². The lowest BCUT2D eigenvalue weighted by Gasteiger charge is -1.93. The quantitative estimate of drug-likeness (QED) is 0.650. The summed E-state index contributed by atoms with van der Waals surface area (Å²) < 4.78 is 7.78. The van der Waals surface area contributed by atoms with Crippen molar-refractivity contribution < 1.29 is 0 Å². The van der Waals surface area contributed by atoms with Crippen LogP contribution in [0.4, 0.5) is 0 Å². The molecule has 0 aliphatic heterocycles. The predicted octanol–water partition coefficient (Wildman–Crippen LogP) is 1.48. The number of nitrogens with one attached hydrogen (secondary N) is 1. The monoisotopic (exact) mass is 203 g/mol. The highest BCUT2D eigenvalue weighted by Gasteiger charge is 2.04. The largest absolute Gasteiger partial charge is 0.345 e.